The van der Waals surface area contributed by atoms with E-state index in [9.17, 15) is 9.59 Å². The van der Waals surface area contributed by atoms with Gasteiger partial charge in [0.15, 0.2) is 0 Å². The van der Waals surface area contributed by atoms with E-state index in [0.717, 1.165) is 17.7 Å². The molecule has 1 fully saturated rings. The summed E-state index contributed by atoms with van der Waals surface area (Å²) < 4.78 is 10.8. The van der Waals surface area contributed by atoms with Gasteiger partial charge in [-0.05, 0) is 30.5 Å². The van der Waals surface area contributed by atoms with E-state index in [1.807, 2.05) is 24.3 Å². The number of carboxylic acid groups (broad SMARTS) is 1. The summed E-state index contributed by atoms with van der Waals surface area (Å²) in [6.45, 7) is 3.97. The van der Waals surface area contributed by atoms with Gasteiger partial charge in [-0.1, -0.05) is 19.1 Å². The fraction of sp³-hybridized carbons (Fsp3) is 0.556. The van der Waals surface area contributed by atoms with Gasteiger partial charge >= 0.3 is 5.97 Å². The molecule has 1 saturated heterocycles. The Morgan fingerprint density at radius 3 is 2.75 bits per heavy atom. The molecule has 1 N–H and O–H groups in total. The van der Waals surface area contributed by atoms with Gasteiger partial charge in [0.2, 0.25) is 5.91 Å². The van der Waals surface area contributed by atoms with Crippen molar-refractivity contribution in [2.45, 2.75) is 38.6 Å². The molecule has 0 spiro atoms. The van der Waals surface area contributed by atoms with Crippen LogP contribution in [0.5, 0.6) is 5.75 Å². The Morgan fingerprint density at radius 2 is 2.08 bits per heavy atom. The zero-order chi connectivity index (χ0) is 17.4. The van der Waals surface area contributed by atoms with Crippen LogP contribution in [0.1, 0.15) is 31.7 Å². The van der Waals surface area contributed by atoms with Gasteiger partial charge in [-0.25, -0.2) is 0 Å². The minimum absolute atomic E-state index is 0.0177. The first kappa shape index (κ1) is 18.3. The van der Waals surface area contributed by atoms with E-state index in [4.69, 9.17) is 14.6 Å². The zero-order valence-corrected chi connectivity index (χ0v) is 14.1. The van der Waals surface area contributed by atoms with Crippen molar-refractivity contribution in [3.63, 3.8) is 0 Å². The van der Waals surface area contributed by atoms with Gasteiger partial charge in [0.25, 0.3) is 0 Å². The standard InChI is InChI=1S/C18H25NO5/c1-2-10-24-16-6-3-14(4-7-16)5-8-17(20)19-9-11-23-13-15(19)12-18(21)22/h3-4,6-7,15H,2,5,8-13H2,1H3,(H,21,22). The van der Waals surface area contributed by atoms with Crippen molar-refractivity contribution < 1.29 is 24.2 Å². The molecular weight excluding hydrogens is 310 g/mol. The van der Waals surface area contributed by atoms with Gasteiger partial charge < -0.3 is 19.5 Å². The number of amides is 1. The number of aryl methyl sites for hydroxylation is 1. The molecule has 1 atom stereocenters. The maximum absolute atomic E-state index is 12.4. The molecule has 1 unspecified atom stereocenters. The summed E-state index contributed by atoms with van der Waals surface area (Å²) in [5, 5.41) is 8.96. The molecule has 1 amide bonds. The molecule has 6 nitrogen and oxygen atoms in total. The molecule has 0 radical (unpaired) electrons. The molecule has 0 bridgehead atoms. The van der Waals surface area contributed by atoms with E-state index >= 15 is 0 Å². The zero-order valence-electron chi connectivity index (χ0n) is 14.1. The molecular formula is C18H25NO5. The second-order valence-electron chi connectivity index (χ2n) is 5.91. The molecule has 1 aliphatic rings. The van der Waals surface area contributed by atoms with Crippen LogP contribution < -0.4 is 4.74 Å². The first-order chi connectivity index (χ1) is 11.6. The van der Waals surface area contributed by atoms with Crippen LogP contribution in [0.2, 0.25) is 0 Å². The van der Waals surface area contributed by atoms with Crippen molar-refractivity contribution >= 4 is 11.9 Å². The van der Waals surface area contributed by atoms with E-state index in [1.165, 1.54) is 0 Å². The number of benzene rings is 1. The lowest BCUT2D eigenvalue weighted by molar-refractivity contribution is -0.146. The van der Waals surface area contributed by atoms with Crippen LogP contribution in [0.15, 0.2) is 24.3 Å². The van der Waals surface area contributed by atoms with Crippen LogP contribution in [0, 0.1) is 0 Å². The molecule has 2 rings (SSSR count). The summed E-state index contributed by atoms with van der Waals surface area (Å²) in [6.07, 6.45) is 1.89. The monoisotopic (exact) mass is 335 g/mol. The van der Waals surface area contributed by atoms with Crippen molar-refractivity contribution in [2.75, 3.05) is 26.4 Å². The van der Waals surface area contributed by atoms with Crippen molar-refractivity contribution in [3.05, 3.63) is 29.8 Å². The highest BCUT2D eigenvalue weighted by atomic mass is 16.5. The van der Waals surface area contributed by atoms with E-state index in [2.05, 4.69) is 6.92 Å². The third-order valence-electron chi connectivity index (χ3n) is 3.98. The third kappa shape index (κ3) is 5.53. The predicted octanol–water partition coefficient (Wildman–Crippen LogP) is 2.11. The summed E-state index contributed by atoms with van der Waals surface area (Å²) in [6, 6.07) is 7.39. The highest BCUT2D eigenvalue weighted by molar-refractivity contribution is 5.78. The van der Waals surface area contributed by atoms with E-state index in [1.54, 1.807) is 4.90 Å². The SMILES string of the molecule is CCCOc1ccc(CCC(=O)N2CCOCC2CC(=O)O)cc1. The molecule has 1 heterocycles. The minimum atomic E-state index is -0.911. The normalized spacial score (nSPS) is 17.5. The fourth-order valence-corrected chi connectivity index (χ4v) is 2.72. The van der Waals surface area contributed by atoms with Gasteiger partial charge in [0.05, 0.1) is 32.3 Å². The van der Waals surface area contributed by atoms with Crippen LogP contribution in [-0.2, 0) is 20.7 Å². The maximum atomic E-state index is 12.4. The summed E-state index contributed by atoms with van der Waals surface area (Å²) in [5.41, 5.74) is 1.07. The Hall–Kier alpha value is -2.08. The summed E-state index contributed by atoms with van der Waals surface area (Å²) in [5.74, 6) is -0.0940. The van der Waals surface area contributed by atoms with E-state index in [-0.39, 0.29) is 18.4 Å². The number of aliphatic carboxylic acids is 1. The predicted molar refractivity (Wildman–Crippen MR) is 89.1 cm³/mol. The number of hydrogen-bond donors (Lipinski definition) is 1. The first-order valence-electron chi connectivity index (χ1n) is 8.41. The number of rotatable bonds is 8. The molecule has 0 aromatic heterocycles. The molecule has 6 heteroatoms. The largest absolute Gasteiger partial charge is 0.494 e. The third-order valence-corrected chi connectivity index (χ3v) is 3.98. The average molecular weight is 335 g/mol. The van der Waals surface area contributed by atoms with Gasteiger partial charge in [0.1, 0.15) is 5.75 Å². The number of carbonyl (C=O) groups excluding carboxylic acids is 1. The van der Waals surface area contributed by atoms with Crippen LogP contribution in [0.3, 0.4) is 0 Å². The van der Waals surface area contributed by atoms with E-state index in [0.29, 0.717) is 39.2 Å². The van der Waals surface area contributed by atoms with Crippen LogP contribution in [0.4, 0.5) is 0 Å². The van der Waals surface area contributed by atoms with Crippen molar-refractivity contribution in [2.24, 2.45) is 0 Å². The molecule has 0 aliphatic carbocycles. The highest BCUT2D eigenvalue weighted by Crippen LogP contribution is 2.16. The Labute approximate surface area is 142 Å². The number of morpholine rings is 1. The lowest BCUT2D eigenvalue weighted by Gasteiger charge is -2.35. The summed E-state index contributed by atoms with van der Waals surface area (Å²) in [4.78, 5) is 25.0. The van der Waals surface area contributed by atoms with Gasteiger partial charge in [-0.2, -0.15) is 0 Å². The summed E-state index contributed by atoms with van der Waals surface area (Å²) in [7, 11) is 0. The highest BCUT2D eigenvalue weighted by Gasteiger charge is 2.28. The Balaban J connectivity index is 1.85. The smallest absolute Gasteiger partial charge is 0.305 e. The second kappa shape index (κ2) is 9.27. The Kier molecular flexibility index (Phi) is 7.06. The van der Waals surface area contributed by atoms with Crippen molar-refractivity contribution in [1.82, 2.24) is 4.90 Å². The Morgan fingerprint density at radius 1 is 1.33 bits per heavy atom. The average Bonchev–Trinajstić information content (AvgIpc) is 2.58. The van der Waals surface area contributed by atoms with Gasteiger partial charge in [-0.3, -0.25) is 9.59 Å². The minimum Gasteiger partial charge on any atom is -0.494 e. The first-order valence-corrected chi connectivity index (χ1v) is 8.41. The van der Waals surface area contributed by atoms with Crippen LogP contribution >= 0.6 is 0 Å². The van der Waals surface area contributed by atoms with Gasteiger partial charge in [-0.15, -0.1) is 0 Å². The summed E-state index contributed by atoms with van der Waals surface area (Å²) >= 11 is 0. The Bertz CT molecular complexity index is 543. The van der Waals surface area contributed by atoms with Crippen LogP contribution in [0.25, 0.3) is 0 Å². The number of ether oxygens (including phenoxy) is 2. The lowest BCUT2D eigenvalue weighted by atomic mass is 10.1. The molecule has 0 saturated carbocycles. The molecule has 24 heavy (non-hydrogen) atoms. The molecule has 1 aromatic carbocycles. The fourth-order valence-electron chi connectivity index (χ4n) is 2.72. The van der Waals surface area contributed by atoms with Gasteiger partial charge in [0, 0.05) is 13.0 Å². The number of nitrogens with zero attached hydrogens (tertiary/aromatic N) is 1. The van der Waals surface area contributed by atoms with Crippen molar-refractivity contribution in [3.8, 4) is 5.75 Å². The lowest BCUT2D eigenvalue weighted by Crippen LogP contribution is -2.49. The maximum Gasteiger partial charge on any atom is 0.305 e. The second-order valence-corrected chi connectivity index (χ2v) is 5.91. The molecule has 1 aliphatic heterocycles. The quantitative estimate of drug-likeness (QED) is 0.787. The number of carbonyl (C=O) groups is 2. The topological polar surface area (TPSA) is 76.1 Å². The van der Waals surface area contributed by atoms with E-state index < -0.39 is 5.97 Å². The van der Waals surface area contributed by atoms with Crippen molar-refractivity contribution in [1.29, 1.82) is 0 Å². The molecule has 132 valence electrons. The van der Waals surface area contributed by atoms with Crippen LogP contribution in [-0.4, -0.2) is 54.3 Å². The molecule has 1 aromatic rings. The number of hydrogen-bond acceptors (Lipinski definition) is 4. The number of carboxylic acids is 1.